The number of hydrogen-bond donors (Lipinski definition) is 0. The van der Waals surface area contributed by atoms with Crippen LogP contribution in [0.2, 0.25) is 0 Å². The number of benzene rings is 1. The van der Waals surface area contributed by atoms with Crippen LogP contribution in [0.5, 0.6) is 11.5 Å². The summed E-state index contributed by atoms with van der Waals surface area (Å²) >= 11 is 3.51. The third kappa shape index (κ3) is 6.42. The maximum atomic E-state index is 5.99. The molecule has 0 unspecified atom stereocenters. The number of halogens is 1. The Morgan fingerprint density at radius 1 is 0.800 bits per heavy atom. The van der Waals surface area contributed by atoms with Crippen LogP contribution in [-0.4, -0.2) is 88.7 Å². The van der Waals surface area contributed by atoms with E-state index in [-0.39, 0.29) is 0 Å². The van der Waals surface area contributed by atoms with Crippen molar-refractivity contribution in [2.24, 2.45) is 0 Å². The Balaban J connectivity index is 1.45. The number of ether oxygens (including phenoxy) is 4. The topological polar surface area (TPSA) is 43.4 Å². The third-order valence-corrected chi connectivity index (χ3v) is 4.94. The maximum absolute atomic E-state index is 5.99. The van der Waals surface area contributed by atoms with Gasteiger partial charge in [0.05, 0.1) is 26.4 Å². The summed E-state index contributed by atoms with van der Waals surface area (Å²) in [5.41, 5.74) is 0. The van der Waals surface area contributed by atoms with Gasteiger partial charge in [-0.2, -0.15) is 0 Å². The molecular formula is C18H27BrN2O4. The first-order chi connectivity index (χ1) is 12.3. The zero-order chi connectivity index (χ0) is 17.3. The van der Waals surface area contributed by atoms with Gasteiger partial charge in [0, 0.05) is 43.7 Å². The van der Waals surface area contributed by atoms with Gasteiger partial charge in [0.15, 0.2) is 11.5 Å². The molecule has 3 rings (SSSR count). The molecule has 2 aliphatic rings. The minimum absolute atomic E-state index is 0.649. The minimum atomic E-state index is 0.649. The molecular weight excluding hydrogens is 388 g/mol. The molecule has 0 amide bonds. The summed E-state index contributed by atoms with van der Waals surface area (Å²) < 4.78 is 23.7. The maximum Gasteiger partial charge on any atom is 0.162 e. The summed E-state index contributed by atoms with van der Waals surface area (Å²) in [6.45, 7) is 10.3. The average Bonchev–Trinajstić information content (AvgIpc) is 2.65. The molecule has 140 valence electrons. The zero-order valence-corrected chi connectivity index (χ0v) is 16.2. The molecule has 2 aliphatic heterocycles. The Morgan fingerprint density at radius 2 is 1.32 bits per heavy atom. The van der Waals surface area contributed by atoms with E-state index in [1.807, 2.05) is 18.2 Å². The van der Waals surface area contributed by atoms with Crippen LogP contribution >= 0.6 is 15.9 Å². The van der Waals surface area contributed by atoms with Crippen LogP contribution in [0.25, 0.3) is 0 Å². The van der Waals surface area contributed by atoms with Gasteiger partial charge < -0.3 is 18.9 Å². The van der Waals surface area contributed by atoms with Crippen LogP contribution in [-0.2, 0) is 9.47 Å². The predicted octanol–water partition coefficient (Wildman–Crippen LogP) is 1.87. The first kappa shape index (κ1) is 18.9. The van der Waals surface area contributed by atoms with Gasteiger partial charge >= 0.3 is 0 Å². The Morgan fingerprint density at radius 3 is 1.88 bits per heavy atom. The summed E-state index contributed by atoms with van der Waals surface area (Å²) in [6, 6.07) is 5.93. The van der Waals surface area contributed by atoms with Gasteiger partial charge in [0.1, 0.15) is 13.2 Å². The van der Waals surface area contributed by atoms with Gasteiger partial charge in [-0.15, -0.1) is 0 Å². The lowest BCUT2D eigenvalue weighted by Gasteiger charge is -2.27. The fourth-order valence-corrected chi connectivity index (χ4v) is 3.27. The van der Waals surface area contributed by atoms with Crippen LogP contribution in [0, 0.1) is 0 Å². The highest BCUT2D eigenvalue weighted by Gasteiger charge is 2.13. The second-order valence-electron chi connectivity index (χ2n) is 6.20. The molecule has 0 N–H and O–H groups in total. The summed E-state index contributed by atoms with van der Waals surface area (Å²) in [5.74, 6) is 1.60. The smallest absolute Gasteiger partial charge is 0.162 e. The van der Waals surface area contributed by atoms with Crippen LogP contribution in [0.15, 0.2) is 22.7 Å². The number of morpholine rings is 2. The lowest BCUT2D eigenvalue weighted by molar-refractivity contribution is 0.0305. The normalized spacial score (nSPS) is 19.7. The second-order valence-corrected chi connectivity index (χ2v) is 7.11. The molecule has 25 heavy (non-hydrogen) atoms. The van der Waals surface area contributed by atoms with Crippen molar-refractivity contribution in [2.75, 3.05) is 78.9 Å². The SMILES string of the molecule is Brc1ccc(OCCN2CCOCC2)c(OCCN2CCOCC2)c1. The van der Waals surface area contributed by atoms with Crippen molar-refractivity contribution in [3.8, 4) is 11.5 Å². The first-order valence-corrected chi connectivity index (χ1v) is 9.76. The van der Waals surface area contributed by atoms with Gasteiger partial charge in [0.25, 0.3) is 0 Å². The van der Waals surface area contributed by atoms with E-state index in [2.05, 4.69) is 25.7 Å². The minimum Gasteiger partial charge on any atom is -0.488 e. The van der Waals surface area contributed by atoms with Crippen molar-refractivity contribution in [1.29, 1.82) is 0 Å². The van der Waals surface area contributed by atoms with Gasteiger partial charge in [-0.25, -0.2) is 0 Å². The fourth-order valence-electron chi connectivity index (χ4n) is 2.93. The van der Waals surface area contributed by atoms with E-state index in [1.54, 1.807) is 0 Å². The van der Waals surface area contributed by atoms with Gasteiger partial charge in [0.2, 0.25) is 0 Å². The Bertz CT molecular complexity index is 520. The van der Waals surface area contributed by atoms with Crippen molar-refractivity contribution in [3.63, 3.8) is 0 Å². The van der Waals surface area contributed by atoms with Crippen molar-refractivity contribution in [1.82, 2.24) is 9.80 Å². The molecule has 0 saturated carbocycles. The molecule has 0 spiro atoms. The molecule has 0 aromatic heterocycles. The largest absolute Gasteiger partial charge is 0.488 e. The molecule has 7 heteroatoms. The van der Waals surface area contributed by atoms with Crippen molar-refractivity contribution in [2.45, 2.75) is 0 Å². The van der Waals surface area contributed by atoms with Crippen LogP contribution in [0.4, 0.5) is 0 Å². The van der Waals surface area contributed by atoms with Gasteiger partial charge in [-0.3, -0.25) is 9.80 Å². The Kier molecular flexibility index (Phi) is 7.81. The van der Waals surface area contributed by atoms with Crippen molar-refractivity contribution < 1.29 is 18.9 Å². The van der Waals surface area contributed by atoms with Crippen molar-refractivity contribution >= 4 is 15.9 Å². The lowest BCUT2D eigenvalue weighted by atomic mass is 10.3. The van der Waals surface area contributed by atoms with E-state index >= 15 is 0 Å². The quantitative estimate of drug-likeness (QED) is 0.646. The molecule has 0 bridgehead atoms. The summed E-state index contributed by atoms with van der Waals surface area (Å²) in [4.78, 5) is 4.72. The molecule has 0 radical (unpaired) electrons. The molecule has 2 heterocycles. The number of nitrogens with zero attached hydrogens (tertiary/aromatic N) is 2. The Hall–Kier alpha value is -0.860. The predicted molar refractivity (Wildman–Crippen MR) is 99.7 cm³/mol. The van der Waals surface area contributed by atoms with E-state index in [0.717, 1.165) is 81.7 Å². The van der Waals surface area contributed by atoms with Crippen LogP contribution < -0.4 is 9.47 Å². The highest BCUT2D eigenvalue weighted by molar-refractivity contribution is 9.10. The summed E-state index contributed by atoms with van der Waals surface area (Å²) in [7, 11) is 0. The molecule has 1 aromatic rings. The molecule has 0 aliphatic carbocycles. The summed E-state index contributed by atoms with van der Waals surface area (Å²) in [5, 5.41) is 0. The highest BCUT2D eigenvalue weighted by atomic mass is 79.9. The molecule has 2 fully saturated rings. The van der Waals surface area contributed by atoms with E-state index < -0.39 is 0 Å². The van der Waals surface area contributed by atoms with Crippen LogP contribution in [0.3, 0.4) is 0 Å². The zero-order valence-electron chi connectivity index (χ0n) is 14.6. The van der Waals surface area contributed by atoms with E-state index in [0.29, 0.717) is 13.2 Å². The molecule has 0 atom stereocenters. The molecule has 6 nitrogen and oxygen atoms in total. The third-order valence-electron chi connectivity index (χ3n) is 4.44. The lowest BCUT2D eigenvalue weighted by Crippen LogP contribution is -2.39. The van der Waals surface area contributed by atoms with Crippen LogP contribution in [0.1, 0.15) is 0 Å². The fraction of sp³-hybridized carbons (Fsp3) is 0.667. The summed E-state index contributed by atoms with van der Waals surface area (Å²) in [6.07, 6.45) is 0. The monoisotopic (exact) mass is 414 g/mol. The van der Waals surface area contributed by atoms with E-state index in [4.69, 9.17) is 18.9 Å². The first-order valence-electron chi connectivity index (χ1n) is 8.96. The Labute approximate surface area is 158 Å². The average molecular weight is 415 g/mol. The van der Waals surface area contributed by atoms with Gasteiger partial charge in [-0.05, 0) is 18.2 Å². The van der Waals surface area contributed by atoms with E-state index in [9.17, 15) is 0 Å². The standard InChI is InChI=1S/C18H27BrN2O4/c19-16-1-2-17(24-13-7-20-3-9-22-10-4-20)18(15-16)25-14-8-21-5-11-23-12-6-21/h1-2,15H,3-14H2. The number of rotatable bonds is 8. The number of hydrogen-bond acceptors (Lipinski definition) is 6. The highest BCUT2D eigenvalue weighted by Crippen LogP contribution is 2.30. The van der Waals surface area contributed by atoms with Crippen molar-refractivity contribution in [3.05, 3.63) is 22.7 Å². The molecule has 1 aromatic carbocycles. The van der Waals surface area contributed by atoms with E-state index in [1.165, 1.54) is 0 Å². The van der Waals surface area contributed by atoms with Gasteiger partial charge in [-0.1, -0.05) is 15.9 Å². The molecule has 2 saturated heterocycles. The second kappa shape index (κ2) is 10.3.